The van der Waals surface area contributed by atoms with E-state index in [1.165, 1.54) is 0 Å². The Hall–Kier alpha value is -1.74. The summed E-state index contributed by atoms with van der Waals surface area (Å²) in [5, 5.41) is 11.4. The molecule has 0 spiro atoms. The lowest BCUT2D eigenvalue weighted by atomic mass is 10.2. The molecule has 20 heavy (non-hydrogen) atoms. The third kappa shape index (κ3) is 3.05. The summed E-state index contributed by atoms with van der Waals surface area (Å²) in [6.45, 7) is 0. The third-order valence-electron chi connectivity index (χ3n) is 2.99. The van der Waals surface area contributed by atoms with E-state index in [1.54, 1.807) is 0 Å². The molecule has 1 aromatic carbocycles. The molecule has 0 heterocycles. The average Bonchev–Trinajstić information content (AvgIpc) is 3.22. The van der Waals surface area contributed by atoms with Gasteiger partial charge in [0.05, 0.1) is 6.04 Å². The minimum atomic E-state index is -4.31. The molecule has 1 saturated carbocycles. The van der Waals surface area contributed by atoms with Gasteiger partial charge in [-0.25, -0.2) is 21.9 Å². The number of oxime groups is 1. The maximum absolute atomic E-state index is 13.5. The molecule has 0 radical (unpaired) electrons. The van der Waals surface area contributed by atoms with E-state index < -0.39 is 32.6 Å². The van der Waals surface area contributed by atoms with Gasteiger partial charge in [-0.2, -0.15) is 0 Å². The fourth-order valence-corrected chi connectivity index (χ4v) is 3.17. The summed E-state index contributed by atoms with van der Waals surface area (Å²) in [5.41, 5.74) is 5.42. The second kappa shape index (κ2) is 5.33. The highest BCUT2D eigenvalue weighted by molar-refractivity contribution is 7.89. The highest BCUT2D eigenvalue weighted by Crippen LogP contribution is 2.33. The lowest BCUT2D eigenvalue weighted by Gasteiger charge is -2.17. The Bertz CT molecular complexity index is 644. The Labute approximate surface area is 114 Å². The Morgan fingerprint density at radius 2 is 2.10 bits per heavy atom. The highest BCUT2D eigenvalue weighted by atomic mass is 32.2. The zero-order valence-corrected chi connectivity index (χ0v) is 11.1. The molecule has 1 unspecified atom stereocenters. The molecule has 6 nitrogen and oxygen atoms in total. The van der Waals surface area contributed by atoms with E-state index in [0.29, 0.717) is 18.9 Å². The van der Waals surface area contributed by atoms with Crippen molar-refractivity contribution >= 4 is 15.9 Å². The van der Waals surface area contributed by atoms with Crippen molar-refractivity contribution in [2.45, 2.75) is 23.8 Å². The molecule has 1 aliphatic carbocycles. The van der Waals surface area contributed by atoms with E-state index in [2.05, 4.69) is 9.88 Å². The number of benzene rings is 1. The third-order valence-corrected chi connectivity index (χ3v) is 4.45. The standard InChI is InChI=1S/C11H13F2N3O3S/c12-7-3-4-8(13)9(5-7)20(18,19)16-10(6-1-2-6)11(14)15-17/h3-6,10,16-17H,1-2H2,(H2,14,15). The molecule has 4 N–H and O–H groups in total. The van der Waals surface area contributed by atoms with E-state index >= 15 is 0 Å². The van der Waals surface area contributed by atoms with Gasteiger partial charge in [0.1, 0.15) is 16.5 Å². The van der Waals surface area contributed by atoms with Crippen molar-refractivity contribution in [3.05, 3.63) is 29.8 Å². The molecule has 9 heteroatoms. The number of hydrogen-bond acceptors (Lipinski definition) is 4. The van der Waals surface area contributed by atoms with Crippen molar-refractivity contribution in [1.82, 2.24) is 4.72 Å². The minimum Gasteiger partial charge on any atom is -0.409 e. The maximum atomic E-state index is 13.5. The number of nitrogens with two attached hydrogens (primary N) is 1. The van der Waals surface area contributed by atoms with Crippen LogP contribution in [-0.4, -0.2) is 25.5 Å². The van der Waals surface area contributed by atoms with Crippen LogP contribution >= 0.6 is 0 Å². The van der Waals surface area contributed by atoms with Gasteiger partial charge in [0.25, 0.3) is 0 Å². The van der Waals surface area contributed by atoms with Crippen LogP contribution in [0.15, 0.2) is 28.3 Å². The monoisotopic (exact) mass is 305 g/mol. The summed E-state index contributed by atoms with van der Waals surface area (Å²) in [4.78, 5) is -0.811. The topological polar surface area (TPSA) is 105 Å². The molecule has 0 bridgehead atoms. The largest absolute Gasteiger partial charge is 0.409 e. The first-order valence-corrected chi connectivity index (χ1v) is 7.28. The van der Waals surface area contributed by atoms with Crippen molar-refractivity contribution in [2.75, 3.05) is 0 Å². The number of amidine groups is 1. The van der Waals surface area contributed by atoms with Crippen molar-refractivity contribution in [3.63, 3.8) is 0 Å². The lowest BCUT2D eigenvalue weighted by molar-refractivity contribution is 0.314. The van der Waals surface area contributed by atoms with E-state index in [0.717, 1.165) is 12.1 Å². The molecule has 0 amide bonds. The summed E-state index contributed by atoms with van der Waals surface area (Å²) >= 11 is 0. The van der Waals surface area contributed by atoms with Crippen LogP contribution in [0.25, 0.3) is 0 Å². The summed E-state index contributed by atoms with van der Waals surface area (Å²) in [7, 11) is -4.31. The molecule has 1 atom stereocenters. The lowest BCUT2D eigenvalue weighted by Crippen LogP contribution is -2.46. The number of rotatable bonds is 5. The molecule has 0 saturated heterocycles. The van der Waals surface area contributed by atoms with E-state index in [4.69, 9.17) is 10.9 Å². The van der Waals surface area contributed by atoms with E-state index in [-0.39, 0.29) is 11.8 Å². The van der Waals surface area contributed by atoms with Crippen LogP contribution in [0.5, 0.6) is 0 Å². The molecule has 1 fully saturated rings. The SMILES string of the molecule is NC(=NO)C(NS(=O)(=O)c1cc(F)ccc1F)C1CC1. The van der Waals surface area contributed by atoms with Gasteiger partial charge in [-0.1, -0.05) is 5.16 Å². The number of nitrogens with one attached hydrogen (secondary N) is 1. The Morgan fingerprint density at radius 1 is 1.45 bits per heavy atom. The second-order valence-corrected chi connectivity index (χ2v) is 6.22. The fourth-order valence-electron chi connectivity index (χ4n) is 1.80. The Morgan fingerprint density at radius 3 is 2.65 bits per heavy atom. The number of nitrogens with zero attached hydrogens (tertiary/aromatic N) is 1. The predicted molar refractivity (Wildman–Crippen MR) is 66.6 cm³/mol. The predicted octanol–water partition coefficient (Wildman–Crippen LogP) is 0.768. The van der Waals surface area contributed by atoms with Crippen LogP contribution < -0.4 is 10.5 Å². The van der Waals surface area contributed by atoms with E-state index in [1.807, 2.05) is 0 Å². The molecule has 0 aromatic heterocycles. The number of halogens is 2. The number of sulfonamides is 1. The van der Waals surface area contributed by atoms with Gasteiger partial charge in [0, 0.05) is 0 Å². The van der Waals surface area contributed by atoms with E-state index in [9.17, 15) is 17.2 Å². The van der Waals surface area contributed by atoms with Gasteiger partial charge in [0.2, 0.25) is 10.0 Å². The fraction of sp³-hybridized carbons (Fsp3) is 0.364. The molecular weight excluding hydrogens is 292 g/mol. The van der Waals surface area contributed by atoms with Gasteiger partial charge in [-0.3, -0.25) is 0 Å². The van der Waals surface area contributed by atoms with Gasteiger partial charge in [-0.15, -0.1) is 0 Å². The maximum Gasteiger partial charge on any atom is 0.244 e. The van der Waals surface area contributed by atoms with Crippen LogP contribution in [0.4, 0.5) is 8.78 Å². The first-order chi connectivity index (χ1) is 9.35. The average molecular weight is 305 g/mol. The van der Waals surface area contributed by atoms with Gasteiger partial charge in [-0.05, 0) is 37.0 Å². The molecule has 110 valence electrons. The molecular formula is C11H13F2N3O3S. The van der Waals surface area contributed by atoms with Crippen molar-refractivity contribution in [3.8, 4) is 0 Å². The first-order valence-electron chi connectivity index (χ1n) is 5.80. The second-order valence-electron chi connectivity index (χ2n) is 4.54. The van der Waals surface area contributed by atoms with Crippen LogP contribution in [0.3, 0.4) is 0 Å². The molecule has 0 aliphatic heterocycles. The molecule has 1 aliphatic rings. The summed E-state index contributed by atoms with van der Waals surface area (Å²) in [6, 6.07) is 1.18. The Kier molecular flexibility index (Phi) is 3.91. The zero-order valence-electron chi connectivity index (χ0n) is 10.3. The van der Waals surface area contributed by atoms with Crippen LogP contribution in [-0.2, 0) is 10.0 Å². The van der Waals surface area contributed by atoms with Gasteiger partial charge < -0.3 is 10.9 Å². The van der Waals surface area contributed by atoms with Crippen LogP contribution in [0, 0.1) is 17.6 Å². The Balaban J connectivity index is 2.32. The van der Waals surface area contributed by atoms with Crippen LogP contribution in [0.2, 0.25) is 0 Å². The summed E-state index contributed by atoms with van der Waals surface area (Å²) in [5.74, 6) is -2.38. The summed E-state index contributed by atoms with van der Waals surface area (Å²) in [6.07, 6.45) is 1.41. The minimum absolute atomic E-state index is 0.114. The first kappa shape index (κ1) is 14.7. The molecule has 1 aromatic rings. The quantitative estimate of drug-likeness (QED) is 0.323. The van der Waals surface area contributed by atoms with Crippen molar-refractivity contribution < 1.29 is 22.4 Å². The smallest absolute Gasteiger partial charge is 0.244 e. The van der Waals surface area contributed by atoms with Crippen molar-refractivity contribution in [2.24, 2.45) is 16.8 Å². The van der Waals surface area contributed by atoms with Crippen molar-refractivity contribution in [1.29, 1.82) is 0 Å². The van der Waals surface area contributed by atoms with Gasteiger partial charge >= 0.3 is 0 Å². The zero-order chi connectivity index (χ0) is 14.9. The normalized spacial score (nSPS) is 18.0. The number of hydrogen-bond donors (Lipinski definition) is 3. The highest BCUT2D eigenvalue weighted by Gasteiger charge is 2.37. The van der Waals surface area contributed by atoms with Crippen LogP contribution in [0.1, 0.15) is 12.8 Å². The molecule has 2 rings (SSSR count). The summed E-state index contributed by atoms with van der Waals surface area (Å²) < 4.78 is 52.8. The van der Waals surface area contributed by atoms with Gasteiger partial charge in [0.15, 0.2) is 5.84 Å².